The molecule has 0 bridgehead atoms. The minimum atomic E-state index is 0. The molecule has 1 heterocycles. The van der Waals surface area contributed by atoms with Gasteiger partial charge in [-0.3, -0.25) is 0 Å². The molecule has 4 rings (SSSR count). The first-order chi connectivity index (χ1) is 10.3. The van der Waals surface area contributed by atoms with Gasteiger partial charge in [-0.25, -0.2) is 0 Å². The van der Waals surface area contributed by atoms with E-state index in [4.69, 9.17) is 5.73 Å². The molecule has 1 fully saturated rings. The fourth-order valence-corrected chi connectivity index (χ4v) is 3.49. The van der Waals surface area contributed by atoms with E-state index in [0.29, 0.717) is 0 Å². The van der Waals surface area contributed by atoms with E-state index >= 15 is 0 Å². The minimum Gasteiger partial charge on any atom is -0.341 e. The van der Waals surface area contributed by atoms with Crippen molar-refractivity contribution in [2.75, 3.05) is 0 Å². The third-order valence-corrected chi connectivity index (χ3v) is 4.82. The lowest BCUT2D eigenvalue weighted by molar-refractivity contribution is 0.597. The molecule has 0 amide bonds. The monoisotopic (exact) mass is 314 g/mol. The number of rotatable bonds is 4. The Hall–Kier alpha value is -1.51. The van der Waals surface area contributed by atoms with Crippen molar-refractivity contribution in [2.45, 2.75) is 38.8 Å². The van der Waals surface area contributed by atoms with Crippen LogP contribution in [-0.2, 0) is 6.54 Å². The number of nitrogens with zero attached hydrogens (tertiary/aromatic N) is 1. The van der Waals surface area contributed by atoms with Crippen LogP contribution in [0.3, 0.4) is 0 Å². The second-order valence-electron chi connectivity index (χ2n) is 6.32. The summed E-state index contributed by atoms with van der Waals surface area (Å²) in [5.41, 5.74) is 10.3. The van der Waals surface area contributed by atoms with Crippen LogP contribution in [0.4, 0.5) is 0 Å². The standard InChI is InChI=1S/C19H22N2.ClH/c1-2-21-18-6-4-3-5-15(18)16-12-14(9-10-19(16)21)17(20)11-13-7-8-13;/h3-6,9-10,12-13,17H,2,7-8,11,20H2,1H3;1H/t17-;/m0./s1. The fraction of sp³-hybridized carbons (Fsp3) is 0.368. The largest absolute Gasteiger partial charge is 0.341 e. The van der Waals surface area contributed by atoms with E-state index in [2.05, 4.69) is 54.0 Å². The van der Waals surface area contributed by atoms with Gasteiger partial charge in [-0.2, -0.15) is 0 Å². The lowest BCUT2D eigenvalue weighted by Crippen LogP contribution is -2.10. The quantitative estimate of drug-likeness (QED) is 0.719. The van der Waals surface area contributed by atoms with Gasteiger partial charge in [0.05, 0.1) is 0 Å². The molecule has 2 nitrogen and oxygen atoms in total. The predicted molar refractivity (Wildman–Crippen MR) is 96.6 cm³/mol. The first-order valence-electron chi connectivity index (χ1n) is 8.04. The summed E-state index contributed by atoms with van der Waals surface area (Å²) in [4.78, 5) is 0. The average Bonchev–Trinajstić information content (AvgIpc) is 3.27. The van der Waals surface area contributed by atoms with Gasteiger partial charge in [0.15, 0.2) is 0 Å². The second kappa shape index (κ2) is 5.94. The first kappa shape index (κ1) is 15.4. The van der Waals surface area contributed by atoms with Crippen LogP contribution < -0.4 is 5.73 Å². The van der Waals surface area contributed by atoms with Gasteiger partial charge in [0.2, 0.25) is 0 Å². The van der Waals surface area contributed by atoms with Crippen molar-refractivity contribution in [2.24, 2.45) is 11.7 Å². The highest BCUT2D eigenvalue weighted by Crippen LogP contribution is 2.38. The van der Waals surface area contributed by atoms with Gasteiger partial charge in [0.1, 0.15) is 0 Å². The molecule has 2 aromatic carbocycles. The van der Waals surface area contributed by atoms with Crippen LogP contribution in [0.5, 0.6) is 0 Å². The van der Waals surface area contributed by atoms with Gasteiger partial charge in [0.25, 0.3) is 0 Å². The Bertz CT molecular complexity index is 802. The van der Waals surface area contributed by atoms with E-state index in [1.807, 2.05) is 0 Å². The van der Waals surface area contributed by atoms with Crippen molar-refractivity contribution in [1.29, 1.82) is 0 Å². The molecule has 116 valence electrons. The molecule has 2 N–H and O–H groups in total. The van der Waals surface area contributed by atoms with Gasteiger partial charge in [0, 0.05) is 34.4 Å². The fourth-order valence-electron chi connectivity index (χ4n) is 3.49. The number of aryl methyl sites for hydroxylation is 1. The Balaban J connectivity index is 0.00000144. The van der Waals surface area contributed by atoms with E-state index in [0.717, 1.165) is 18.9 Å². The van der Waals surface area contributed by atoms with E-state index in [-0.39, 0.29) is 18.4 Å². The first-order valence-corrected chi connectivity index (χ1v) is 8.04. The lowest BCUT2D eigenvalue weighted by Gasteiger charge is -2.12. The van der Waals surface area contributed by atoms with Crippen molar-refractivity contribution < 1.29 is 0 Å². The summed E-state index contributed by atoms with van der Waals surface area (Å²) in [5.74, 6) is 0.868. The van der Waals surface area contributed by atoms with Crippen LogP contribution in [0.25, 0.3) is 21.8 Å². The van der Waals surface area contributed by atoms with Gasteiger partial charge >= 0.3 is 0 Å². The van der Waals surface area contributed by atoms with Gasteiger partial charge in [-0.05, 0) is 43.0 Å². The summed E-state index contributed by atoms with van der Waals surface area (Å²) in [5, 5.41) is 2.69. The number of hydrogen-bond donors (Lipinski definition) is 1. The Kier molecular flexibility index (Phi) is 4.16. The number of halogens is 1. The molecule has 22 heavy (non-hydrogen) atoms. The van der Waals surface area contributed by atoms with E-state index in [1.165, 1.54) is 40.2 Å². The Labute approximate surface area is 137 Å². The topological polar surface area (TPSA) is 30.9 Å². The number of fused-ring (bicyclic) bond motifs is 3. The number of para-hydroxylation sites is 1. The summed E-state index contributed by atoms with van der Waals surface area (Å²) < 4.78 is 2.39. The van der Waals surface area contributed by atoms with Crippen LogP contribution in [0, 0.1) is 5.92 Å². The molecule has 3 aromatic rings. The van der Waals surface area contributed by atoms with E-state index < -0.39 is 0 Å². The average molecular weight is 315 g/mol. The minimum absolute atomic E-state index is 0. The van der Waals surface area contributed by atoms with Crippen LogP contribution >= 0.6 is 12.4 Å². The van der Waals surface area contributed by atoms with Crippen molar-refractivity contribution in [3.63, 3.8) is 0 Å². The molecular weight excluding hydrogens is 292 g/mol. The number of nitrogens with two attached hydrogens (primary N) is 1. The molecule has 3 heteroatoms. The highest BCUT2D eigenvalue weighted by atomic mass is 35.5. The molecule has 1 atom stereocenters. The maximum atomic E-state index is 6.40. The molecule has 0 radical (unpaired) electrons. The molecule has 1 aromatic heterocycles. The highest BCUT2D eigenvalue weighted by Gasteiger charge is 2.24. The van der Waals surface area contributed by atoms with Crippen LogP contribution in [0.2, 0.25) is 0 Å². The van der Waals surface area contributed by atoms with Crippen LogP contribution in [0.1, 0.15) is 37.8 Å². The van der Waals surface area contributed by atoms with Gasteiger partial charge < -0.3 is 10.3 Å². The Morgan fingerprint density at radius 1 is 1.09 bits per heavy atom. The zero-order valence-electron chi connectivity index (χ0n) is 13.0. The van der Waals surface area contributed by atoms with Crippen molar-refractivity contribution in [3.05, 3.63) is 48.0 Å². The summed E-state index contributed by atoms with van der Waals surface area (Å²) in [6.07, 6.45) is 3.87. The third-order valence-electron chi connectivity index (χ3n) is 4.82. The maximum Gasteiger partial charge on any atom is 0.0491 e. The Morgan fingerprint density at radius 3 is 2.55 bits per heavy atom. The molecule has 1 aliphatic carbocycles. The summed E-state index contributed by atoms with van der Waals surface area (Å²) in [6, 6.07) is 15.7. The van der Waals surface area contributed by atoms with E-state index in [1.54, 1.807) is 0 Å². The maximum absolute atomic E-state index is 6.40. The molecule has 0 spiro atoms. The summed E-state index contributed by atoms with van der Waals surface area (Å²) >= 11 is 0. The summed E-state index contributed by atoms with van der Waals surface area (Å²) in [7, 11) is 0. The van der Waals surface area contributed by atoms with Crippen molar-refractivity contribution in [3.8, 4) is 0 Å². The van der Waals surface area contributed by atoms with Gasteiger partial charge in [-0.15, -0.1) is 12.4 Å². The zero-order chi connectivity index (χ0) is 14.4. The number of aromatic nitrogens is 1. The summed E-state index contributed by atoms with van der Waals surface area (Å²) in [6.45, 7) is 3.20. The van der Waals surface area contributed by atoms with Crippen LogP contribution in [0.15, 0.2) is 42.5 Å². The molecule has 1 saturated carbocycles. The van der Waals surface area contributed by atoms with E-state index in [9.17, 15) is 0 Å². The number of benzene rings is 2. The normalized spacial score (nSPS) is 15.9. The highest BCUT2D eigenvalue weighted by molar-refractivity contribution is 6.08. The van der Waals surface area contributed by atoms with Crippen molar-refractivity contribution >= 4 is 34.2 Å². The van der Waals surface area contributed by atoms with Crippen molar-refractivity contribution in [1.82, 2.24) is 4.57 Å². The predicted octanol–water partition coefficient (Wildman–Crippen LogP) is 5.04. The molecule has 0 aliphatic heterocycles. The van der Waals surface area contributed by atoms with Gasteiger partial charge in [-0.1, -0.05) is 37.1 Å². The lowest BCUT2D eigenvalue weighted by atomic mass is 10.00. The molecule has 0 saturated heterocycles. The molecule has 0 unspecified atom stereocenters. The number of hydrogen-bond acceptors (Lipinski definition) is 1. The van der Waals surface area contributed by atoms with Crippen LogP contribution in [-0.4, -0.2) is 4.57 Å². The zero-order valence-corrected chi connectivity index (χ0v) is 13.8. The second-order valence-corrected chi connectivity index (χ2v) is 6.32. The Morgan fingerprint density at radius 2 is 1.82 bits per heavy atom. The SMILES string of the molecule is CCn1c2ccccc2c2cc([C@@H](N)CC3CC3)ccc21.Cl. The smallest absolute Gasteiger partial charge is 0.0491 e. The molecule has 1 aliphatic rings. The molecular formula is C19H23ClN2. The third kappa shape index (κ3) is 2.51.